The van der Waals surface area contributed by atoms with Crippen molar-refractivity contribution in [3.05, 3.63) is 28.5 Å². The van der Waals surface area contributed by atoms with Gasteiger partial charge in [0.1, 0.15) is 0 Å². The fourth-order valence-electron chi connectivity index (χ4n) is 2.12. The minimum atomic E-state index is -1.22. The number of carboxylic acids is 1. The molecule has 0 unspecified atom stereocenters. The molecule has 1 N–H and O–H groups in total. The zero-order chi connectivity index (χ0) is 14.7. The molecule has 1 aliphatic rings. The van der Waals surface area contributed by atoms with E-state index in [2.05, 4.69) is 9.88 Å². The monoisotopic (exact) mass is 297 g/mol. The summed E-state index contributed by atoms with van der Waals surface area (Å²) in [7, 11) is 2.03. The first-order valence-corrected chi connectivity index (χ1v) is 6.68. The lowest BCUT2D eigenvalue weighted by molar-refractivity contribution is 0.0682. The zero-order valence-electron chi connectivity index (χ0n) is 11.2. The summed E-state index contributed by atoms with van der Waals surface area (Å²) < 4.78 is 0. The Morgan fingerprint density at radius 3 is 2.60 bits per heavy atom. The molecule has 20 heavy (non-hydrogen) atoms. The molecule has 0 bridgehead atoms. The van der Waals surface area contributed by atoms with Gasteiger partial charge in [0, 0.05) is 32.4 Å². The number of hydrogen-bond acceptors (Lipinski definition) is 5. The van der Waals surface area contributed by atoms with Crippen molar-refractivity contribution >= 4 is 23.4 Å². The summed E-state index contributed by atoms with van der Waals surface area (Å²) in [5.74, 6) is -1.48. The second-order valence-corrected chi connectivity index (χ2v) is 5.29. The van der Waals surface area contributed by atoms with E-state index in [1.54, 1.807) is 0 Å². The molecule has 0 spiro atoms. The first-order valence-electron chi connectivity index (χ1n) is 6.30. The molecule has 108 valence electrons. The van der Waals surface area contributed by atoms with Gasteiger partial charge in [-0.05, 0) is 13.1 Å². The Labute approximate surface area is 122 Å². The Hall–Kier alpha value is -1.50. The number of aromatic nitrogens is 1. The van der Waals surface area contributed by atoms with Crippen LogP contribution >= 0.6 is 11.6 Å². The summed E-state index contributed by atoms with van der Waals surface area (Å²) >= 11 is 5.80. The Balaban J connectivity index is 2.12. The van der Waals surface area contributed by atoms with Crippen molar-refractivity contribution < 1.29 is 14.7 Å². The highest BCUT2D eigenvalue weighted by Gasteiger charge is 2.22. The van der Waals surface area contributed by atoms with Crippen LogP contribution in [0.3, 0.4) is 0 Å². The average Bonchev–Trinajstić information content (AvgIpc) is 2.41. The lowest BCUT2D eigenvalue weighted by Crippen LogP contribution is -2.46. The van der Waals surface area contributed by atoms with Gasteiger partial charge in [-0.3, -0.25) is 9.69 Å². The number of hydrogen-bond donors (Lipinski definition) is 1. The highest BCUT2D eigenvalue weighted by atomic mass is 35.5. The molecule has 0 aliphatic carbocycles. The van der Waals surface area contributed by atoms with E-state index in [-0.39, 0.29) is 28.6 Å². The fraction of sp³-hybridized carbons (Fsp3) is 0.462. The van der Waals surface area contributed by atoms with E-state index >= 15 is 0 Å². The molecule has 1 aliphatic heterocycles. The van der Waals surface area contributed by atoms with Crippen LogP contribution in [0.2, 0.25) is 5.02 Å². The van der Waals surface area contributed by atoms with Crippen LogP contribution in [0.25, 0.3) is 0 Å². The minimum absolute atomic E-state index is 0.0731. The van der Waals surface area contributed by atoms with Crippen molar-refractivity contribution in [1.82, 2.24) is 14.8 Å². The summed E-state index contributed by atoms with van der Waals surface area (Å²) in [6.45, 7) is 3.56. The van der Waals surface area contributed by atoms with E-state index in [4.69, 9.17) is 16.7 Å². The van der Waals surface area contributed by atoms with Crippen molar-refractivity contribution in [3.63, 3.8) is 0 Å². The molecule has 2 rings (SSSR count). The quantitative estimate of drug-likeness (QED) is 0.831. The smallest absolute Gasteiger partial charge is 0.355 e. The standard InChI is InChI=1S/C13H16ClN3O3/c1-16-2-4-17(5-3-16)8-11(18)10-6-9(14)7-15-12(10)13(19)20/h6-7H,2-5,8H2,1H3,(H,19,20). The number of carbonyl (C=O) groups excluding carboxylic acids is 1. The molecule has 1 saturated heterocycles. The first-order chi connectivity index (χ1) is 9.47. The van der Waals surface area contributed by atoms with Gasteiger partial charge in [0.05, 0.1) is 17.1 Å². The molecule has 1 fully saturated rings. The third-order valence-corrected chi connectivity index (χ3v) is 3.53. The van der Waals surface area contributed by atoms with E-state index in [1.807, 2.05) is 11.9 Å². The van der Waals surface area contributed by atoms with Crippen LogP contribution in [0.5, 0.6) is 0 Å². The van der Waals surface area contributed by atoms with Crippen molar-refractivity contribution in [1.29, 1.82) is 0 Å². The number of aromatic carboxylic acids is 1. The number of rotatable bonds is 4. The van der Waals surface area contributed by atoms with E-state index < -0.39 is 5.97 Å². The van der Waals surface area contributed by atoms with Gasteiger partial charge in [0.2, 0.25) is 0 Å². The Bertz CT molecular complexity index is 528. The summed E-state index contributed by atoms with van der Waals surface area (Å²) in [6, 6.07) is 1.37. The van der Waals surface area contributed by atoms with Crippen molar-refractivity contribution in [2.75, 3.05) is 39.8 Å². The van der Waals surface area contributed by atoms with Crippen LogP contribution < -0.4 is 0 Å². The molecule has 0 saturated carbocycles. The maximum Gasteiger partial charge on any atom is 0.355 e. The summed E-state index contributed by atoms with van der Waals surface area (Å²) in [5, 5.41) is 9.33. The molecule has 2 heterocycles. The van der Waals surface area contributed by atoms with Gasteiger partial charge in [0.15, 0.2) is 11.5 Å². The fourth-order valence-corrected chi connectivity index (χ4v) is 2.27. The number of Topliss-reactive ketones (excluding diaryl/α,β-unsaturated/α-hetero) is 1. The number of halogens is 1. The lowest BCUT2D eigenvalue weighted by Gasteiger charge is -2.31. The van der Waals surface area contributed by atoms with E-state index in [1.165, 1.54) is 12.3 Å². The Morgan fingerprint density at radius 1 is 1.35 bits per heavy atom. The lowest BCUT2D eigenvalue weighted by atomic mass is 10.1. The van der Waals surface area contributed by atoms with Gasteiger partial charge in [-0.1, -0.05) is 11.6 Å². The number of piperazine rings is 1. The third kappa shape index (κ3) is 3.53. The summed E-state index contributed by atoms with van der Waals surface area (Å²) in [4.78, 5) is 31.3. The molecular formula is C13H16ClN3O3. The molecule has 0 aromatic carbocycles. The van der Waals surface area contributed by atoms with Gasteiger partial charge in [0.25, 0.3) is 0 Å². The molecule has 0 amide bonds. The van der Waals surface area contributed by atoms with E-state index in [0.717, 1.165) is 26.2 Å². The van der Waals surface area contributed by atoms with Crippen LogP contribution in [0.1, 0.15) is 20.8 Å². The molecule has 1 aromatic heterocycles. The highest BCUT2D eigenvalue weighted by Crippen LogP contribution is 2.15. The van der Waals surface area contributed by atoms with Gasteiger partial charge in [-0.25, -0.2) is 9.78 Å². The molecule has 6 nitrogen and oxygen atoms in total. The van der Waals surface area contributed by atoms with Crippen LogP contribution in [-0.2, 0) is 0 Å². The molecule has 0 radical (unpaired) electrons. The number of carbonyl (C=O) groups is 2. The minimum Gasteiger partial charge on any atom is -0.476 e. The number of nitrogens with zero attached hydrogens (tertiary/aromatic N) is 3. The van der Waals surface area contributed by atoms with Gasteiger partial charge >= 0.3 is 5.97 Å². The van der Waals surface area contributed by atoms with Gasteiger partial charge in [-0.15, -0.1) is 0 Å². The van der Waals surface area contributed by atoms with Gasteiger partial charge < -0.3 is 10.0 Å². The normalized spacial score (nSPS) is 17.1. The average molecular weight is 298 g/mol. The zero-order valence-corrected chi connectivity index (χ0v) is 11.9. The third-order valence-electron chi connectivity index (χ3n) is 3.32. The van der Waals surface area contributed by atoms with Crippen LogP contribution in [0, 0.1) is 0 Å². The van der Waals surface area contributed by atoms with E-state index in [0.29, 0.717) is 0 Å². The Morgan fingerprint density at radius 2 is 2.00 bits per heavy atom. The number of likely N-dealkylation sites (N-methyl/N-ethyl adjacent to an activating group) is 1. The van der Waals surface area contributed by atoms with Crippen LogP contribution in [-0.4, -0.2) is 71.4 Å². The second kappa shape index (κ2) is 6.30. The van der Waals surface area contributed by atoms with Gasteiger partial charge in [-0.2, -0.15) is 0 Å². The predicted octanol–water partition coefficient (Wildman–Crippen LogP) is 0.863. The van der Waals surface area contributed by atoms with Crippen LogP contribution in [0.15, 0.2) is 12.3 Å². The maximum absolute atomic E-state index is 12.3. The van der Waals surface area contributed by atoms with E-state index in [9.17, 15) is 9.59 Å². The molecular weight excluding hydrogens is 282 g/mol. The SMILES string of the molecule is CN1CCN(CC(=O)c2cc(Cl)cnc2C(=O)O)CC1. The van der Waals surface area contributed by atoms with Crippen molar-refractivity contribution in [2.24, 2.45) is 0 Å². The molecule has 1 aromatic rings. The summed E-state index contributed by atoms with van der Waals surface area (Å²) in [6.07, 6.45) is 1.23. The Kier molecular flexibility index (Phi) is 4.69. The maximum atomic E-state index is 12.3. The van der Waals surface area contributed by atoms with Crippen molar-refractivity contribution in [3.8, 4) is 0 Å². The van der Waals surface area contributed by atoms with Crippen LogP contribution in [0.4, 0.5) is 0 Å². The topological polar surface area (TPSA) is 73.7 Å². The molecule has 0 atom stereocenters. The largest absolute Gasteiger partial charge is 0.476 e. The molecule has 7 heteroatoms. The van der Waals surface area contributed by atoms with Crippen molar-refractivity contribution in [2.45, 2.75) is 0 Å². The predicted molar refractivity (Wildman–Crippen MR) is 74.5 cm³/mol. The highest BCUT2D eigenvalue weighted by molar-refractivity contribution is 6.31. The number of ketones is 1. The summed E-state index contributed by atoms with van der Waals surface area (Å²) in [5.41, 5.74) is -0.169. The second-order valence-electron chi connectivity index (χ2n) is 4.86. The first kappa shape index (κ1) is 14.9. The number of carboxylic acid groups (broad SMARTS) is 1. The number of pyridine rings is 1.